The summed E-state index contributed by atoms with van der Waals surface area (Å²) in [7, 11) is 0. The lowest BCUT2D eigenvalue weighted by molar-refractivity contribution is -0.129. The highest BCUT2D eigenvalue weighted by molar-refractivity contribution is 7.10. The van der Waals surface area contributed by atoms with Gasteiger partial charge in [0.05, 0.1) is 22.7 Å². The minimum atomic E-state index is -0.693. The maximum Gasteiger partial charge on any atom is 0.262 e. The zero-order chi connectivity index (χ0) is 26.5. The van der Waals surface area contributed by atoms with Crippen LogP contribution in [0.2, 0.25) is 10.0 Å². The van der Waals surface area contributed by atoms with Crippen LogP contribution in [0.3, 0.4) is 0 Å². The molecular formula is C28H28Cl2N4O2S. The van der Waals surface area contributed by atoms with Crippen molar-refractivity contribution in [3.63, 3.8) is 0 Å². The van der Waals surface area contributed by atoms with E-state index in [1.807, 2.05) is 74.7 Å². The topological polar surface area (TPSA) is 75.5 Å². The first kappa shape index (κ1) is 26.9. The fourth-order valence-corrected chi connectivity index (χ4v) is 5.23. The van der Waals surface area contributed by atoms with Gasteiger partial charge in [-0.1, -0.05) is 67.4 Å². The van der Waals surface area contributed by atoms with Crippen LogP contribution in [0.5, 0.6) is 0 Å². The smallest absolute Gasteiger partial charge is 0.262 e. The third-order valence-corrected chi connectivity index (χ3v) is 7.77. The number of amides is 2. The number of benzene rings is 2. The molecule has 2 heterocycles. The zero-order valence-corrected chi connectivity index (χ0v) is 23.1. The first-order valence-electron chi connectivity index (χ1n) is 11.9. The third-order valence-electron chi connectivity index (χ3n) is 6.15. The molecule has 0 aliphatic rings. The number of carbonyl (C=O) groups is 2. The lowest BCUT2D eigenvalue weighted by Gasteiger charge is -2.20. The van der Waals surface area contributed by atoms with E-state index in [2.05, 4.69) is 20.4 Å². The van der Waals surface area contributed by atoms with Crippen molar-refractivity contribution in [1.29, 1.82) is 0 Å². The Labute approximate surface area is 230 Å². The van der Waals surface area contributed by atoms with Crippen LogP contribution in [-0.4, -0.2) is 28.6 Å². The van der Waals surface area contributed by atoms with E-state index in [0.717, 1.165) is 32.6 Å². The molecule has 2 aromatic heterocycles. The van der Waals surface area contributed by atoms with Gasteiger partial charge in [-0.15, -0.1) is 11.3 Å². The van der Waals surface area contributed by atoms with Gasteiger partial charge >= 0.3 is 0 Å². The normalized spacial score (nSPS) is 12.4. The highest BCUT2D eigenvalue weighted by Crippen LogP contribution is 2.28. The summed E-state index contributed by atoms with van der Waals surface area (Å²) in [4.78, 5) is 26.3. The highest BCUT2D eigenvalue weighted by atomic mass is 35.5. The SMILES string of the molecule is Cc1c(C=NNC(=O)[C@@H](NC(=O)Cc2cccs2)C(C)C)c2ccccc2n1Cc1ccc(Cl)c(Cl)c1. The van der Waals surface area contributed by atoms with Gasteiger partial charge in [-0.3, -0.25) is 9.59 Å². The predicted octanol–water partition coefficient (Wildman–Crippen LogP) is 6.20. The number of para-hydroxylation sites is 1. The molecule has 0 aliphatic carbocycles. The number of nitrogens with one attached hydrogen (secondary N) is 2. The number of rotatable bonds is 9. The average Bonchev–Trinajstić information content (AvgIpc) is 3.46. The molecule has 0 spiro atoms. The number of nitrogens with zero attached hydrogens (tertiary/aromatic N) is 2. The Morgan fingerprint density at radius 2 is 1.86 bits per heavy atom. The van der Waals surface area contributed by atoms with Crippen molar-refractivity contribution in [3.05, 3.63) is 91.7 Å². The summed E-state index contributed by atoms with van der Waals surface area (Å²) in [6.45, 7) is 6.40. The van der Waals surface area contributed by atoms with Gasteiger partial charge in [0, 0.05) is 33.6 Å². The van der Waals surface area contributed by atoms with Crippen molar-refractivity contribution in [2.75, 3.05) is 0 Å². The summed E-state index contributed by atoms with van der Waals surface area (Å²) in [5.41, 5.74) is 6.58. The number of carbonyl (C=O) groups excluding carboxylic acids is 2. The highest BCUT2D eigenvalue weighted by Gasteiger charge is 2.24. The molecule has 0 bridgehead atoms. The number of aromatic nitrogens is 1. The Balaban J connectivity index is 1.51. The van der Waals surface area contributed by atoms with E-state index in [1.54, 1.807) is 12.3 Å². The van der Waals surface area contributed by atoms with Crippen LogP contribution in [0.25, 0.3) is 10.9 Å². The first-order chi connectivity index (χ1) is 17.7. The summed E-state index contributed by atoms with van der Waals surface area (Å²) >= 11 is 13.8. The van der Waals surface area contributed by atoms with Gasteiger partial charge < -0.3 is 9.88 Å². The lowest BCUT2D eigenvalue weighted by Crippen LogP contribution is -2.49. The van der Waals surface area contributed by atoms with Crippen LogP contribution in [0.4, 0.5) is 0 Å². The molecule has 2 aromatic carbocycles. The number of halogens is 2. The fourth-order valence-electron chi connectivity index (χ4n) is 4.21. The van der Waals surface area contributed by atoms with Crippen LogP contribution < -0.4 is 10.7 Å². The Morgan fingerprint density at radius 3 is 2.57 bits per heavy atom. The maximum atomic E-state index is 12.9. The fraction of sp³-hybridized carbons (Fsp3) is 0.250. The van der Waals surface area contributed by atoms with E-state index in [1.165, 1.54) is 11.3 Å². The standard InChI is InChI=1S/C28H28Cl2N4O2S/c1-17(2)27(32-26(35)14-20-7-6-12-37-20)28(36)33-31-15-22-18(3)34(25-9-5-4-8-21(22)25)16-19-10-11-23(29)24(30)13-19/h4-13,15,17,27H,14,16H2,1-3H3,(H,32,35)(H,33,36)/t27-/m0/s1. The molecular weight excluding hydrogens is 527 g/mol. The minimum Gasteiger partial charge on any atom is -0.344 e. The molecule has 1 atom stereocenters. The van der Waals surface area contributed by atoms with Gasteiger partial charge in [-0.05, 0) is 48.1 Å². The van der Waals surface area contributed by atoms with Crippen molar-refractivity contribution in [2.45, 2.75) is 39.8 Å². The van der Waals surface area contributed by atoms with Crippen molar-refractivity contribution in [3.8, 4) is 0 Å². The summed E-state index contributed by atoms with van der Waals surface area (Å²) in [6.07, 6.45) is 1.90. The molecule has 4 rings (SSSR count). The predicted molar refractivity (Wildman–Crippen MR) is 153 cm³/mol. The number of hydrogen-bond donors (Lipinski definition) is 2. The van der Waals surface area contributed by atoms with E-state index in [0.29, 0.717) is 16.6 Å². The molecule has 9 heteroatoms. The van der Waals surface area contributed by atoms with Crippen LogP contribution in [0.15, 0.2) is 65.1 Å². The van der Waals surface area contributed by atoms with Gasteiger partial charge in [0.1, 0.15) is 6.04 Å². The van der Waals surface area contributed by atoms with Crippen LogP contribution >= 0.6 is 34.5 Å². The van der Waals surface area contributed by atoms with E-state index < -0.39 is 6.04 Å². The monoisotopic (exact) mass is 554 g/mol. The first-order valence-corrected chi connectivity index (χ1v) is 13.5. The summed E-state index contributed by atoms with van der Waals surface area (Å²) in [5, 5.41) is 11.1. The van der Waals surface area contributed by atoms with Gasteiger partial charge in [-0.25, -0.2) is 5.43 Å². The van der Waals surface area contributed by atoms with Gasteiger partial charge in [0.25, 0.3) is 5.91 Å². The molecule has 0 saturated heterocycles. The van der Waals surface area contributed by atoms with E-state index in [-0.39, 0.29) is 24.2 Å². The number of hydrogen-bond acceptors (Lipinski definition) is 4. The molecule has 0 saturated carbocycles. The Bertz CT molecular complexity index is 1440. The van der Waals surface area contributed by atoms with Crippen molar-refractivity contribution in [1.82, 2.24) is 15.3 Å². The number of fused-ring (bicyclic) bond motifs is 1. The largest absolute Gasteiger partial charge is 0.344 e. The Hall–Kier alpha value is -3.13. The van der Waals surface area contributed by atoms with E-state index in [4.69, 9.17) is 23.2 Å². The van der Waals surface area contributed by atoms with Gasteiger partial charge in [0.2, 0.25) is 5.91 Å². The zero-order valence-electron chi connectivity index (χ0n) is 20.8. The van der Waals surface area contributed by atoms with E-state index >= 15 is 0 Å². The summed E-state index contributed by atoms with van der Waals surface area (Å²) in [5.74, 6) is -0.651. The van der Waals surface area contributed by atoms with Crippen molar-refractivity contribution in [2.24, 2.45) is 11.0 Å². The Kier molecular flexibility index (Phi) is 8.69. The van der Waals surface area contributed by atoms with E-state index in [9.17, 15) is 9.59 Å². The maximum absolute atomic E-state index is 12.9. The average molecular weight is 556 g/mol. The summed E-state index contributed by atoms with van der Waals surface area (Å²) < 4.78 is 2.18. The molecule has 4 aromatic rings. The van der Waals surface area contributed by atoms with Gasteiger partial charge in [0.15, 0.2) is 0 Å². The van der Waals surface area contributed by atoms with Crippen molar-refractivity contribution < 1.29 is 9.59 Å². The molecule has 192 valence electrons. The molecule has 37 heavy (non-hydrogen) atoms. The molecule has 0 aliphatic heterocycles. The van der Waals surface area contributed by atoms with Crippen molar-refractivity contribution >= 4 is 63.5 Å². The van der Waals surface area contributed by atoms with Crippen LogP contribution in [0.1, 0.15) is 35.5 Å². The van der Waals surface area contributed by atoms with Gasteiger partial charge in [-0.2, -0.15) is 5.10 Å². The number of thiophene rings is 1. The molecule has 0 fully saturated rings. The summed E-state index contributed by atoms with van der Waals surface area (Å²) in [6, 6.07) is 16.8. The van der Waals surface area contributed by atoms with Crippen LogP contribution in [0, 0.1) is 12.8 Å². The second-order valence-corrected chi connectivity index (χ2v) is 11.0. The second-order valence-electron chi connectivity index (χ2n) is 9.13. The van der Waals surface area contributed by atoms with Crippen LogP contribution in [-0.2, 0) is 22.6 Å². The number of hydrazone groups is 1. The molecule has 2 N–H and O–H groups in total. The quantitative estimate of drug-likeness (QED) is 0.191. The minimum absolute atomic E-state index is 0.0997. The molecule has 2 amide bonds. The third kappa shape index (κ3) is 6.42. The molecule has 0 radical (unpaired) electrons. The molecule has 6 nitrogen and oxygen atoms in total. The lowest BCUT2D eigenvalue weighted by atomic mass is 10.0. The molecule has 0 unspecified atom stereocenters. The Morgan fingerprint density at radius 1 is 1.08 bits per heavy atom. The second kappa shape index (κ2) is 11.9.